The molecule has 0 unspecified atom stereocenters. The average Bonchev–Trinajstić information content (AvgIpc) is 3.23. The van der Waals surface area contributed by atoms with Crippen LogP contribution in [0, 0.1) is 6.92 Å². The quantitative estimate of drug-likeness (QED) is 0.416. The smallest absolute Gasteiger partial charge is 0.223 e. The van der Waals surface area contributed by atoms with E-state index in [0.717, 1.165) is 44.3 Å². The van der Waals surface area contributed by atoms with Crippen LogP contribution in [0.4, 0.5) is 0 Å². The normalized spacial score (nSPS) is 16.1. The van der Waals surface area contributed by atoms with Crippen molar-refractivity contribution in [3.8, 4) is 0 Å². The van der Waals surface area contributed by atoms with Crippen LogP contribution in [0.25, 0.3) is 0 Å². The Bertz CT molecular complexity index is 633. The first kappa shape index (κ1) is 18.6. The van der Waals surface area contributed by atoms with Gasteiger partial charge in [0.05, 0.1) is 0 Å². The lowest BCUT2D eigenvalue weighted by molar-refractivity contribution is 0.298. The number of aliphatic imine (C=N–C) groups is 1. The van der Waals surface area contributed by atoms with Crippen molar-refractivity contribution in [2.75, 3.05) is 19.6 Å². The Morgan fingerprint density at radius 1 is 1.46 bits per heavy atom. The Kier molecular flexibility index (Phi) is 6.94. The summed E-state index contributed by atoms with van der Waals surface area (Å²) in [6, 6.07) is 0. The van der Waals surface area contributed by atoms with Crippen molar-refractivity contribution >= 4 is 29.9 Å². The Morgan fingerprint density at radius 3 is 2.83 bits per heavy atom. The highest BCUT2D eigenvalue weighted by molar-refractivity contribution is 14.0. The highest BCUT2D eigenvalue weighted by atomic mass is 127. The summed E-state index contributed by atoms with van der Waals surface area (Å²) in [5, 5.41) is 14.1. The molecule has 0 aromatic carbocycles. The highest BCUT2D eigenvalue weighted by Crippen LogP contribution is 2.24. The van der Waals surface area contributed by atoms with Gasteiger partial charge >= 0.3 is 0 Å². The number of hydrogen-bond acceptors (Lipinski definition) is 6. The molecule has 0 atom stereocenters. The third-order valence-corrected chi connectivity index (χ3v) is 3.89. The van der Waals surface area contributed by atoms with E-state index in [9.17, 15) is 0 Å². The van der Waals surface area contributed by atoms with Crippen molar-refractivity contribution < 1.29 is 4.52 Å². The van der Waals surface area contributed by atoms with Crippen LogP contribution >= 0.6 is 24.0 Å². The van der Waals surface area contributed by atoms with E-state index in [2.05, 4.69) is 47.5 Å². The zero-order valence-corrected chi connectivity index (χ0v) is 16.2. The molecule has 3 heterocycles. The van der Waals surface area contributed by atoms with Crippen LogP contribution in [-0.4, -0.2) is 55.8 Å². The molecular formula is C14H23IN8O. The lowest BCUT2D eigenvalue weighted by Crippen LogP contribution is -2.45. The second kappa shape index (κ2) is 8.94. The Labute approximate surface area is 157 Å². The minimum atomic E-state index is 0. The second-order valence-corrected chi connectivity index (χ2v) is 5.53. The van der Waals surface area contributed by atoms with Gasteiger partial charge in [-0.15, -0.1) is 24.0 Å². The molecule has 1 aliphatic heterocycles. The van der Waals surface area contributed by atoms with Crippen molar-refractivity contribution in [3.63, 3.8) is 0 Å². The number of guanidine groups is 1. The van der Waals surface area contributed by atoms with E-state index >= 15 is 0 Å². The lowest BCUT2D eigenvalue weighted by Gasteiger charge is -2.33. The molecule has 2 N–H and O–H groups in total. The SMILES string of the molecule is CCNC(=NCc1noc(C)n1)N1CCC(c2ncn[nH]2)CC1.I. The molecule has 0 bridgehead atoms. The number of halogens is 1. The van der Waals surface area contributed by atoms with E-state index in [1.54, 1.807) is 13.3 Å². The van der Waals surface area contributed by atoms with Crippen LogP contribution in [0.3, 0.4) is 0 Å². The fourth-order valence-corrected chi connectivity index (χ4v) is 2.75. The van der Waals surface area contributed by atoms with Crippen LogP contribution in [0.2, 0.25) is 0 Å². The van der Waals surface area contributed by atoms with Gasteiger partial charge in [0.1, 0.15) is 18.7 Å². The molecule has 0 radical (unpaired) electrons. The van der Waals surface area contributed by atoms with E-state index in [1.165, 1.54) is 0 Å². The molecule has 1 aliphatic rings. The van der Waals surface area contributed by atoms with Gasteiger partial charge in [-0.25, -0.2) is 9.98 Å². The summed E-state index contributed by atoms with van der Waals surface area (Å²) in [6.07, 6.45) is 3.63. The number of aromatic amines is 1. The van der Waals surface area contributed by atoms with E-state index < -0.39 is 0 Å². The Hall–Kier alpha value is -1.72. The zero-order chi connectivity index (χ0) is 16.1. The summed E-state index contributed by atoms with van der Waals surface area (Å²) in [5.41, 5.74) is 0. The molecule has 1 saturated heterocycles. The molecule has 0 amide bonds. The number of rotatable bonds is 4. The maximum absolute atomic E-state index is 4.98. The van der Waals surface area contributed by atoms with Crippen molar-refractivity contribution in [3.05, 3.63) is 23.9 Å². The molecule has 2 aromatic heterocycles. The first-order valence-corrected chi connectivity index (χ1v) is 7.94. The van der Waals surface area contributed by atoms with Crippen molar-refractivity contribution in [1.29, 1.82) is 0 Å². The lowest BCUT2D eigenvalue weighted by atomic mass is 9.96. The van der Waals surface area contributed by atoms with Gasteiger partial charge in [-0.2, -0.15) is 10.1 Å². The van der Waals surface area contributed by atoms with Gasteiger partial charge < -0.3 is 14.7 Å². The van der Waals surface area contributed by atoms with Gasteiger partial charge in [0.2, 0.25) is 5.89 Å². The summed E-state index contributed by atoms with van der Waals surface area (Å²) < 4.78 is 4.98. The minimum absolute atomic E-state index is 0. The summed E-state index contributed by atoms with van der Waals surface area (Å²) in [5.74, 6) is 3.49. The van der Waals surface area contributed by atoms with Gasteiger partial charge in [0.25, 0.3) is 0 Å². The van der Waals surface area contributed by atoms with E-state index in [4.69, 9.17) is 4.52 Å². The molecule has 0 saturated carbocycles. The number of nitrogens with zero attached hydrogens (tertiary/aromatic N) is 6. The van der Waals surface area contributed by atoms with Crippen LogP contribution in [-0.2, 0) is 6.54 Å². The van der Waals surface area contributed by atoms with E-state index in [0.29, 0.717) is 24.2 Å². The zero-order valence-electron chi connectivity index (χ0n) is 13.9. The Balaban J connectivity index is 0.00000208. The predicted octanol–water partition coefficient (Wildman–Crippen LogP) is 1.46. The molecule has 24 heavy (non-hydrogen) atoms. The maximum Gasteiger partial charge on any atom is 0.223 e. The number of aryl methyl sites for hydroxylation is 1. The molecule has 0 spiro atoms. The summed E-state index contributed by atoms with van der Waals surface area (Å²) >= 11 is 0. The summed E-state index contributed by atoms with van der Waals surface area (Å²) in [7, 11) is 0. The molecule has 3 rings (SSSR count). The summed E-state index contributed by atoms with van der Waals surface area (Å²) in [4.78, 5) is 15.3. The third-order valence-electron chi connectivity index (χ3n) is 3.89. The fraction of sp³-hybridized carbons (Fsp3) is 0.643. The number of H-pyrrole nitrogens is 1. The van der Waals surface area contributed by atoms with E-state index in [-0.39, 0.29) is 24.0 Å². The van der Waals surface area contributed by atoms with Gasteiger partial charge in [-0.3, -0.25) is 5.10 Å². The molecule has 9 nitrogen and oxygen atoms in total. The Morgan fingerprint density at radius 2 is 2.25 bits per heavy atom. The van der Waals surface area contributed by atoms with Crippen molar-refractivity contribution in [2.24, 2.45) is 4.99 Å². The minimum Gasteiger partial charge on any atom is -0.357 e. The largest absolute Gasteiger partial charge is 0.357 e. The molecular weight excluding hydrogens is 423 g/mol. The number of hydrogen-bond donors (Lipinski definition) is 2. The third kappa shape index (κ3) is 4.65. The second-order valence-electron chi connectivity index (χ2n) is 5.53. The standard InChI is InChI=1S/C14H22N8O.HI/c1-3-15-14(16-8-12-19-10(2)23-21-12)22-6-4-11(5-7-22)13-17-9-18-20-13;/h9,11H,3-8H2,1-2H3,(H,15,16)(H,17,18,20);1H. The van der Waals surface area contributed by atoms with Gasteiger partial charge in [-0.1, -0.05) is 5.16 Å². The molecule has 10 heteroatoms. The van der Waals surface area contributed by atoms with Gasteiger partial charge in [0, 0.05) is 32.5 Å². The molecule has 0 aliphatic carbocycles. The highest BCUT2D eigenvalue weighted by Gasteiger charge is 2.24. The average molecular weight is 446 g/mol. The molecule has 1 fully saturated rings. The molecule has 132 valence electrons. The van der Waals surface area contributed by atoms with Gasteiger partial charge in [-0.05, 0) is 19.8 Å². The number of aromatic nitrogens is 5. The monoisotopic (exact) mass is 446 g/mol. The van der Waals surface area contributed by atoms with Crippen molar-refractivity contribution in [1.82, 2.24) is 35.5 Å². The topological polar surface area (TPSA) is 108 Å². The summed E-state index contributed by atoms with van der Waals surface area (Å²) in [6.45, 7) is 6.95. The van der Waals surface area contributed by atoms with E-state index in [1.807, 2.05) is 0 Å². The first-order chi connectivity index (χ1) is 11.3. The predicted molar refractivity (Wildman–Crippen MR) is 99.2 cm³/mol. The van der Waals surface area contributed by atoms with Crippen LogP contribution in [0.15, 0.2) is 15.8 Å². The van der Waals surface area contributed by atoms with Crippen LogP contribution < -0.4 is 5.32 Å². The number of piperidine rings is 1. The number of nitrogens with one attached hydrogen (secondary N) is 2. The first-order valence-electron chi connectivity index (χ1n) is 7.94. The van der Waals surface area contributed by atoms with Crippen LogP contribution in [0.5, 0.6) is 0 Å². The molecule has 2 aromatic rings. The van der Waals surface area contributed by atoms with Gasteiger partial charge in [0.15, 0.2) is 11.8 Å². The van der Waals surface area contributed by atoms with Crippen LogP contribution in [0.1, 0.15) is 43.2 Å². The van der Waals surface area contributed by atoms with Crippen molar-refractivity contribution in [2.45, 2.75) is 39.2 Å². The maximum atomic E-state index is 4.98. The number of likely N-dealkylation sites (tertiary alicyclic amines) is 1. The fourth-order valence-electron chi connectivity index (χ4n) is 2.75.